The molecule has 0 radical (unpaired) electrons. The minimum Gasteiger partial charge on any atom is -0.296 e. The van der Waals surface area contributed by atoms with Crippen LogP contribution < -0.4 is 10.0 Å². The van der Waals surface area contributed by atoms with Crippen LogP contribution in [0.1, 0.15) is 16.8 Å². The molecule has 2 heterocycles. The van der Waals surface area contributed by atoms with E-state index in [2.05, 4.69) is 26.8 Å². The molecule has 2 aromatic rings. The van der Waals surface area contributed by atoms with Gasteiger partial charge in [-0.15, -0.1) is 16.8 Å². The molecule has 1 fully saturated rings. The Kier molecular flexibility index (Phi) is 6.73. The molecule has 1 saturated heterocycles. The number of sulfonamides is 1. The molecule has 1 aromatic heterocycles. The Balaban J connectivity index is 1.63. The number of anilines is 1. The van der Waals surface area contributed by atoms with E-state index in [1.807, 2.05) is 0 Å². The molecule has 1 aliphatic heterocycles. The summed E-state index contributed by atoms with van der Waals surface area (Å²) in [5.74, 6) is -0.000100. The number of thioether (sulfide) groups is 1. The number of rotatable bonds is 8. The number of hydrogen-bond acceptors (Lipinski definition) is 9. The van der Waals surface area contributed by atoms with Crippen LogP contribution in [0.2, 0.25) is 0 Å². The van der Waals surface area contributed by atoms with Crippen molar-refractivity contribution in [1.29, 1.82) is 0 Å². The van der Waals surface area contributed by atoms with Crippen molar-refractivity contribution in [3.05, 3.63) is 42.5 Å². The zero-order valence-corrected chi connectivity index (χ0v) is 18.3. The van der Waals surface area contributed by atoms with Crippen molar-refractivity contribution in [3.63, 3.8) is 0 Å². The molecule has 0 bridgehead atoms. The summed E-state index contributed by atoms with van der Waals surface area (Å²) in [7, 11) is -7.08. The maximum absolute atomic E-state index is 12.4. The lowest BCUT2D eigenvalue weighted by Gasteiger charge is -2.12. The van der Waals surface area contributed by atoms with Crippen LogP contribution in [-0.2, 0) is 19.9 Å². The molecule has 13 heteroatoms. The van der Waals surface area contributed by atoms with Crippen LogP contribution in [0.4, 0.5) is 5.13 Å². The van der Waals surface area contributed by atoms with E-state index in [-0.39, 0.29) is 28.4 Å². The van der Waals surface area contributed by atoms with Crippen molar-refractivity contribution >= 4 is 54.0 Å². The lowest BCUT2D eigenvalue weighted by atomic mass is 10.2. The highest BCUT2D eigenvalue weighted by Crippen LogP contribution is 2.25. The van der Waals surface area contributed by atoms with Gasteiger partial charge in [-0.1, -0.05) is 29.2 Å². The van der Waals surface area contributed by atoms with Crippen LogP contribution in [0.15, 0.2) is 46.2 Å². The highest BCUT2D eigenvalue weighted by atomic mass is 32.2. The smallest absolute Gasteiger partial charge is 0.257 e. The highest BCUT2D eigenvalue weighted by molar-refractivity contribution is 8.01. The fourth-order valence-electron chi connectivity index (χ4n) is 2.58. The molecular formula is C16H18N4O5S4. The van der Waals surface area contributed by atoms with Crippen LogP contribution in [0, 0.1) is 0 Å². The number of hydrogen-bond donors (Lipinski definition) is 2. The van der Waals surface area contributed by atoms with Gasteiger partial charge >= 0.3 is 0 Å². The third kappa shape index (κ3) is 5.85. The fraction of sp³-hybridized carbons (Fsp3) is 0.312. The quantitative estimate of drug-likeness (QED) is 0.334. The van der Waals surface area contributed by atoms with Crippen molar-refractivity contribution in [2.45, 2.75) is 21.7 Å². The predicted molar refractivity (Wildman–Crippen MR) is 113 cm³/mol. The van der Waals surface area contributed by atoms with Gasteiger partial charge in [-0.05, 0) is 30.7 Å². The minimum absolute atomic E-state index is 0.0290. The second-order valence-corrected chi connectivity index (χ2v) is 12.4. The van der Waals surface area contributed by atoms with Gasteiger partial charge in [0, 0.05) is 17.4 Å². The monoisotopic (exact) mass is 474 g/mol. The minimum atomic E-state index is -3.88. The maximum Gasteiger partial charge on any atom is 0.257 e. The average molecular weight is 475 g/mol. The summed E-state index contributed by atoms with van der Waals surface area (Å²) in [5, 5.41) is 10.8. The number of nitrogens with zero attached hydrogens (tertiary/aromatic N) is 2. The van der Waals surface area contributed by atoms with Crippen LogP contribution in [0.3, 0.4) is 0 Å². The van der Waals surface area contributed by atoms with E-state index in [0.29, 0.717) is 15.2 Å². The molecule has 2 N–H and O–H groups in total. The van der Waals surface area contributed by atoms with E-state index in [9.17, 15) is 21.6 Å². The lowest BCUT2D eigenvalue weighted by Crippen LogP contribution is -2.35. The second-order valence-electron chi connectivity index (χ2n) is 6.17. The largest absolute Gasteiger partial charge is 0.296 e. The van der Waals surface area contributed by atoms with E-state index in [1.165, 1.54) is 47.4 Å². The summed E-state index contributed by atoms with van der Waals surface area (Å²) >= 11 is 2.67. The van der Waals surface area contributed by atoms with Gasteiger partial charge in [-0.25, -0.2) is 21.6 Å². The molecule has 0 aliphatic carbocycles. The summed E-state index contributed by atoms with van der Waals surface area (Å²) in [5.41, 5.74) is 0.253. The van der Waals surface area contributed by atoms with Gasteiger partial charge in [0.25, 0.3) is 5.91 Å². The maximum atomic E-state index is 12.4. The lowest BCUT2D eigenvalue weighted by molar-refractivity contribution is 0.102. The molecule has 9 nitrogen and oxygen atoms in total. The first-order valence-electron chi connectivity index (χ1n) is 8.40. The van der Waals surface area contributed by atoms with Gasteiger partial charge < -0.3 is 0 Å². The van der Waals surface area contributed by atoms with E-state index >= 15 is 0 Å². The van der Waals surface area contributed by atoms with Crippen molar-refractivity contribution in [3.8, 4) is 0 Å². The molecule has 0 saturated carbocycles. The Morgan fingerprint density at radius 3 is 2.66 bits per heavy atom. The molecule has 1 amide bonds. The summed E-state index contributed by atoms with van der Waals surface area (Å²) in [6, 6.07) is 4.71. The second kappa shape index (κ2) is 8.92. The molecule has 29 heavy (non-hydrogen) atoms. The zero-order chi connectivity index (χ0) is 21.1. The van der Waals surface area contributed by atoms with E-state index in [4.69, 9.17) is 0 Å². The Labute approximate surface area is 177 Å². The molecule has 156 valence electrons. The number of nitrogens with one attached hydrogen (secondary N) is 2. The molecule has 1 atom stereocenters. The van der Waals surface area contributed by atoms with Crippen molar-refractivity contribution in [2.75, 3.05) is 22.6 Å². The number of carbonyl (C=O) groups excluding carboxylic acids is 1. The number of carbonyl (C=O) groups is 1. The average Bonchev–Trinajstić information content (AvgIpc) is 3.25. The first-order valence-corrected chi connectivity index (χ1v) is 13.5. The standard InChI is InChI=1S/C16H18N4O5S4/c1-2-8-26-16-19-18-15(27-16)17-14(21)11-3-5-13(6-4-11)29(24,25)20-12-7-9-28(22,23)10-12/h2-6,12,20H,1,7-10H2,(H,17,18,21). The van der Waals surface area contributed by atoms with Gasteiger partial charge in [0.15, 0.2) is 14.2 Å². The van der Waals surface area contributed by atoms with Gasteiger partial charge in [0.1, 0.15) is 0 Å². The number of sulfone groups is 1. The molecule has 1 aromatic carbocycles. The van der Waals surface area contributed by atoms with Crippen LogP contribution >= 0.6 is 23.1 Å². The van der Waals surface area contributed by atoms with Crippen LogP contribution in [0.5, 0.6) is 0 Å². The summed E-state index contributed by atoms with van der Waals surface area (Å²) < 4.78 is 50.9. The van der Waals surface area contributed by atoms with Crippen LogP contribution in [0.25, 0.3) is 0 Å². The molecule has 1 aliphatic rings. The van der Waals surface area contributed by atoms with Crippen molar-refractivity contribution in [1.82, 2.24) is 14.9 Å². The SMILES string of the molecule is C=CCSc1nnc(NC(=O)c2ccc(S(=O)(=O)NC3CCS(=O)(=O)C3)cc2)s1. The Morgan fingerprint density at radius 1 is 1.31 bits per heavy atom. The number of amides is 1. The fourth-order valence-corrected chi connectivity index (χ4v) is 7.14. The summed E-state index contributed by atoms with van der Waals surface area (Å²) in [6.45, 7) is 3.62. The molecule has 1 unspecified atom stereocenters. The Bertz CT molecular complexity index is 1110. The van der Waals surface area contributed by atoms with Crippen LogP contribution in [-0.4, -0.2) is 56.2 Å². The molecule has 0 spiro atoms. The number of aromatic nitrogens is 2. The topological polar surface area (TPSA) is 135 Å². The van der Waals surface area contributed by atoms with Crippen molar-refractivity contribution < 1.29 is 21.6 Å². The number of benzene rings is 1. The first-order chi connectivity index (χ1) is 13.7. The zero-order valence-electron chi connectivity index (χ0n) is 15.1. The summed E-state index contributed by atoms with van der Waals surface area (Å²) in [6.07, 6.45) is 1.98. The van der Waals surface area contributed by atoms with E-state index in [0.717, 1.165) is 0 Å². The third-order valence-electron chi connectivity index (χ3n) is 3.93. The van der Waals surface area contributed by atoms with Gasteiger partial charge in [-0.3, -0.25) is 10.1 Å². The Hall–Kier alpha value is -1.80. The summed E-state index contributed by atoms with van der Waals surface area (Å²) in [4.78, 5) is 12.3. The first kappa shape index (κ1) is 21.9. The predicted octanol–water partition coefficient (Wildman–Crippen LogP) is 1.53. The highest BCUT2D eigenvalue weighted by Gasteiger charge is 2.31. The van der Waals surface area contributed by atoms with Gasteiger partial charge in [0.2, 0.25) is 15.2 Å². The molecule has 3 rings (SSSR count). The van der Waals surface area contributed by atoms with Crippen molar-refractivity contribution in [2.24, 2.45) is 0 Å². The third-order valence-corrected chi connectivity index (χ3v) is 9.20. The Morgan fingerprint density at radius 2 is 2.03 bits per heavy atom. The van der Waals surface area contributed by atoms with E-state index < -0.39 is 31.8 Å². The van der Waals surface area contributed by atoms with Gasteiger partial charge in [0.05, 0.1) is 16.4 Å². The van der Waals surface area contributed by atoms with E-state index in [1.54, 1.807) is 6.08 Å². The normalized spacial score (nSPS) is 18.4. The molecular weight excluding hydrogens is 456 g/mol. The van der Waals surface area contributed by atoms with Gasteiger partial charge in [-0.2, -0.15) is 0 Å².